The Morgan fingerprint density at radius 1 is 1.23 bits per heavy atom. The molecule has 0 saturated carbocycles. The fourth-order valence-electron chi connectivity index (χ4n) is 2.83. The third-order valence-electron chi connectivity index (χ3n) is 4.07. The molecule has 0 aliphatic carbocycles. The van der Waals surface area contributed by atoms with E-state index < -0.39 is 0 Å². The number of benzene rings is 2. The molecule has 0 unspecified atom stereocenters. The number of hydrogen-bond donors (Lipinski definition) is 1. The van der Waals surface area contributed by atoms with Gasteiger partial charge in [-0.25, -0.2) is 9.59 Å². The van der Waals surface area contributed by atoms with Crippen molar-refractivity contribution in [1.29, 1.82) is 0 Å². The standard InChI is InChI=1S/C20H22N2O4/c1-4-25-19(23)15-6-8-16(9-7-15)21-20(24)22-12-14(3)26-18-10-5-13(2)11-17(18)22/h5-11,14H,4,12H2,1-3H3,(H,21,24)/t14-/m1/s1. The van der Waals surface area contributed by atoms with Crippen LogP contribution in [0.2, 0.25) is 0 Å². The molecule has 1 aliphatic heterocycles. The second-order valence-corrected chi connectivity index (χ2v) is 6.24. The lowest BCUT2D eigenvalue weighted by molar-refractivity contribution is 0.0526. The van der Waals surface area contributed by atoms with E-state index in [1.54, 1.807) is 36.1 Å². The molecule has 0 aromatic heterocycles. The number of carbonyl (C=O) groups excluding carboxylic acids is 2. The van der Waals surface area contributed by atoms with Gasteiger partial charge in [0.1, 0.15) is 11.9 Å². The Hall–Kier alpha value is -3.02. The van der Waals surface area contributed by atoms with Gasteiger partial charge in [0, 0.05) is 5.69 Å². The first-order valence-electron chi connectivity index (χ1n) is 8.61. The van der Waals surface area contributed by atoms with Crippen molar-refractivity contribution in [2.75, 3.05) is 23.4 Å². The van der Waals surface area contributed by atoms with E-state index in [1.807, 2.05) is 32.0 Å². The Morgan fingerprint density at radius 2 is 1.96 bits per heavy atom. The lowest BCUT2D eigenvalue weighted by Crippen LogP contribution is -2.44. The van der Waals surface area contributed by atoms with Crippen molar-refractivity contribution in [3.8, 4) is 5.75 Å². The average Bonchev–Trinajstić information content (AvgIpc) is 2.62. The number of ether oxygens (including phenoxy) is 2. The molecule has 6 heteroatoms. The van der Waals surface area contributed by atoms with Gasteiger partial charge in [0.2, 0.25) is 0 Å². The second-order valence-electron chi connectivity index (χ2n) is 6.24. The van der Waals surface area contributed by atoms with E-state index in [0.29, 0.717) is 30.2 Å². The molecule has 2 aromatic carbocycles. The van der Waals surface area contributed by atoms with Crippen LogP contribution in [0.15, 0.2) is 42.5 Å². The summed E-state index contributed by atoms with van der Waals surface area (Å²) in [5.41, 5.74) is 2.87. The van der Waals surface area contributed by atoms with Crippen LogP contribution in [0.3, 0.4) is 0 Å². The zero-order valence-electron chi connectivity index (χ0n) is 15.1. The van der Waals surface area contributed by atoms with Gasteiger partial charge in [-0.05, 0) is 62.7 Å². The SMILES string of the molecule is CCOC(=O)c1ccc(NC(=O)N2C[C@@H](C)Oc3ccc(C)cc32)cc1. The number of nitrogens with zero attached hydrogens (tertiary/aromatic N) is 1. The minimum absolute atomic E-state index is 0.0952. The van der Waals surface area contributed by atoms with Crippen LogP contribution in [-0.4, -0.2) is 31.3 Å². The van der Waals surface area contributed by atoms with Crippen molar-refractivity contribution >= 4 is 23.4 Å². The summed E-state index contributed by atoms with van der Waals surface area (Å²) in [6, 6.07) is 12.2. The third-order valence-corrected chi connectivity index (χ3v) is 4.07. The summed E-state index contributed by atoms with van der Waals surface area (Å²) in [4.78, 5) is 26.2. The molecular weight excluding hydrogens is 332 g/mol. The number of rotatable bonds is 3. The van der Waals surface area contributed by atoms with Crippen LogP contribution in [0, 0.1) is 6.92 Å². The topological polar surface area (TPSA) is 67.9 Å². The van der Waals surface area contributed by atoms with Gasteiger partial charge in [0.15, 0.2) is 0 Å². The van der Waals surface area contributed by atoms with Crippen LogP contribution < -0.4 is 15.0 Å². The van der Waals surface area contributed by atoms with Crippen molar-refractivity contribution in [3.05, 3.63) is 53.6 Å². The molecule has 26 heavy (non-hydrogen) atoms. The average molecular weight is 354 g/mol. The molecule has 1 aliphatic rings. The Morgan fingerprint density at radius 3 is 2.65 bits per heavy atom. The van der Waals surface area contributed by atoms with Crippen LogP contribution in [0.4, 0.5) is 16.2 Å². The Bertz CT molecular complexity index is 817. The van der Waals surface area contributed by atoms with E-state index in [4.69, 9.17) is 9.47 Å². The molecule has 3 rings (SSSR count). The summed E-state index contributed by atoms with van der Waals surface area (Å²) < 4.78 is 10.8. The van der Waals surface area contributed by atoms with Gasteiger partial charge >= 0.3 is 12.0 Å². The molecule has 0 radical (unpaired) electrons. The van der Waals surface area contributed by atoms with E-state index in [-0.39, 0.29) is 18.1 Å². The monoisotopic (exact) mass is 354 g/mol. The number of carbonyl (C=O) groups is 2. The third kappa shape index (κ3) is 3.79. The maximum Gasteiger partial charge on any atom is 0.338 e. The number of nitrogens with one attached hydrogen (secondary N) is 1. The highest BCUT2D eigenvalue weighted by Gasteiger charge is 2.27. The van der Waals surface area contributed by atoms with Crippen LogP contribution in [0.1, 0.15) is 29.8 Å². The molecule has 0 saturated heterocycles. The number of aryl methyl sites for hydroxylation is 1. The molecule has 136 valence electrons. The summed E-state index contributed by atoms with van der Waals surface area (Å²) in [6.07, 6.45) is -0.0952. The van der Waals surface area contributed by atoms with E-state index in [0.717, 1.165) is 11.3 Å². The summed E-state index contributed by atoms with van der Waals surface area (Å²) >= 11 is 0. The molecule has 1 N–H and O–H groups in total. The molecule has 2 aromatic rings. The largest absolute Gasteiger partial charge is 0.487 e. The van der Waals surface area contributed by atoms with E-state index in [9.17, 15) is 9.59 Å². The molecule has 0 bridgehead atoms. The first-order valence-corrected chi connectivity index (χ1v) is 8.61. The smallest absolute Gasteiger partial charge is 0.338 e. The van der Waals surface area contributed by atoms with Crippen molar-refractivity contribution in [2.24, 2.45) is 0 Å². The van der Waals surface area contributed by atoms with E-state index in [1.165, 1.54) is 0 Å². The minimum Gasteiger partial charge on any atom is -0.487 e. The van der Waals surface area contributed by atoms with Crippen molar-refractivity contribution in [2.45, 2.75) is 26.9 Å². The fraction of sp³-hybridized carbons (Fsp3) is 0.300. The number of hydrogen-bond acceptors (Lipinski definition) is 4. The van der Waals surface area contributed by atoms with Crippen LogP contribution >= 0.6 is 0 Å². The van der Waals surface area contributed by atoms with Crippen molar-refractivity contribution in [1.82, 2.24) is 0 Å². The molecule has 0 fully saturated rings. The van der Waals surface area contributed by atoms with Gasteiger partial charge < -0.3 is 14.8 Å². The maximum atomic E-state index is 12.8. The summed E-state index contributed by atoms with van der Waals surface area (Å²) in [6.45, 7) is 6.45. The van der Waals surface area contributed by atoms with Crippen molar-refractivity contribution < 1.29 is 19.1 Å². The molecule has 1 atom stereocenters. The highest BCUT2D eigenvalue weighted by Crippen LogP contribution is 2.34. The van der Waals surface area contributed by atoms with Gasteiger partial charge in [0.25, 0.3) is 0 Å². The predicted octanol–water partition coefficient (Wildman–Crippen LogP) is 3.99. The molecule has 6 nitrogen and oxygen atoms in total. The van der Waals surface area contributed by atoms with E-state index >= 15 is 0 Å². The first-order chi connectivity index (χ1) is 12.5. The molecule has 0 spiro atoms. The van der Waals surface area contributed by atoms with Crippen LogP contribution in [0.5, 0.6) is 5.75 Å². The number of fused-ring (bicyclic) bond motifs is 1. The Kier molecular flexibility index (Phi) is 5.11. The summed E-state index contributed by atoms with van der Waals surface area (Å²) in [7, 11) is 0. The van der Waals surface area contributed by atoms with Gasteiger partial charge in [-0.3, -0.25) is 4.90 Å². The van der Waals surface area contributed by atoms with Crippen LogP contribution in [-0.2, 0) is 4.74 Å². The van der Waals surface area contributed by atoms with Crippen molar-refractivity contribution in [3.63, 3.8) is 0 Å². The molecular formula is C20H22N2O4. The Labute approximate surface area is 152 Å². The summed E-state index contributed by atoms with van der Waals surface area (Å²) in [5.74, 6) is 0.318. The zero-order valence-corrected chi connectivity index (χ0v) is 15.1. The number of esters is 1. The second kappa shape index (κ2) is 7.47. The number of anilines is 2. The quantitative estimate of drug-likeness (QED) is 0.846. The van der Waals surface area contributed by atoms with Crippen LogP contribution in [0.25, 0.3) is 0 Å². The first kappa shape index (κ1) is 17.8. The van der Waals surface area contributed by atoms with Gasteiger partial charge in [-0.1, -0.05) is 6.07 Å². The lowest BCUT2D eigenvalue weighted by Gasteiger charge is -2.33. The number of amides is 2. The lowest BCUT2D eigenvalue weighted by atomic mass is 10.1. The van der Waals surface area contributed by atoms with E-state index in [2.05, 4.69) is 5.32 Å². The van der Waals surface area contributed by atoms with Gasteiger partial charge in [-0.15, -0.1) is 0 Å². The van der Waals surface area contributed by atoms with Gasteiger partial charge in [0.05, 0.1) is 24.4 Å². The molecule has 2 amide bonds. The predicted molar refractivity (Wildman–Crippen MR) is 100 cm³/mol. The Balaban J connectivity index is 1.76. The number of urea groups is 1. The highest BCUT2D eigenvalue weighted by molar-refractivity contribution is 6.03. The molecule has 1 heterocycles. The minimum atomic E-state index is -0.378. The van der Waals surface area contributed by atoms with Gasteiger partial charge in [-0.2, -0.15) is 0 Å². The highest BCUT2D eigenvalue weighted by atomic mass is 16.5. The summed E-state index contributed by atoms with van der Waals surface area (Å²) in [5, 5.41) is 2.87. The maximum absolute atomic E-state index is 12.8. The zero-order chi connectivity index (χ0) is 18.7. The fourth-order valence-corrected chi connectivity index (χ4v) is 2.83. The normalized spacial score (nSPS) is 15.7.